The molecule has 0 fully saturated rings. The molecule has 0 unspecified atom stereocenters. The summed E-state index contributed by atoms with van der Waals surface area (Å²) in [5, 5.41) is 0.422. The quantitative estimate of drug-likeness (QED) is 0.556. The average molecular weight is 383 g/mol. The number of halogens is 2. The zero-order chi connectivity index (χ0) is 18.4. The van der Waals surface area contributed by atoms with Crippen LogP contribution in [0.1, 0.15) is 33.2 Å². The predicted molar refractivity (Wildman–Crippen MR) is 99.8 cm³/mol. The highest BCUT2D eigenvalue weighted by Gasteiger charge is 2.38. The maximum atomic E-state index is 14.6. The van der Waals surface area contributed by atoms with Gasteiger partial charge in [-0.05, 0) is 30.6 Å². The normalized spacial score (nSPS) is 21.8. The van der Waals surface area contributed by atoms with Gasteiger partial charge >= 0.3 is 0 Å². The molecule has 2 atom stereocenters. The second kappa shape index (κ2) is 6.45. The third-order valence-electron chi connectivity index (χ3n) is 5.35. The lowest BCUT2D eigenvalue weighted by Gasteiger charge is -2.36. The van der Waals surface area contributed by atoms with Crippen LogP contribution in [-0.4, -0.2) is 34.4 Å². The van der Waals surface area contributed by atoms with Crippen LogP contribution in [0.2, 0.25) is 23.3 Å². The summed E-state index contributed by atoms with van der Waals surface area (Å²) in [7, 11) is -1.84. The van der Waals surface area contributed by atoms with Gasteiger partial charge in [0.15, 0.2) is 19.1 Å². The van der Waals surface area contributed by atoms with Gasteiger partial charge in [0, 0.05) is 12.5 Å². The first kappa shape index (κ1) is 18.5. The molecule has 25 heavy (non-hydrogen) atoms. The van der Waals surface area contributed by atoms with E-state index >= 15 is 0 Å². The zero-order valence-electron chi connectivity index (χ0n) is 15.3. The van der Waals surface area contributed by atoms with Gasteiger partial charge in [-0.1, -0.05) is 32.4 Å². The van der Waals surface area contributed by atoms with Crippen molar-refractivity contribution in [3.05, 3.63) is 29.7 Å². The van der Waals surface area contributed by atoms with E-state index in [2.05, 4.69) is 48.8 Å². The fraction of sp³-hybridized carbons (Fsp3) is 0.588. The minimum absolute atomic E-state index is 0.0499. The van der Waals surface area contributed by atoms with Crippen molar-refractivity contribution < 1.29 is 8.82 Å². The van der Waals surface area contributed by atoms with E-state index in [0.29, 0.717) is 24.2 Å². The van der Waals surface area contributed by atoms with E-state index in [1.807, 2.05) is 0 Å². The van der Waals surface area contributed by atoms with Gasteiger partial charge in [-0.3, -0.25) is 0 Å². The number of hydrogen-bond donors (Lipinski definition) is 0. The lowest BCUT2D eigenvalue weighted by molar-refractivity contribution is 0.243. The summed E-state index contributed by atoms with van der Waals surface area (Å²) >= 11 is 6.03. The summed E-state index contributed by atoms with van der Waals surface area (Å²) in [4.78, 5) is 12.4. The Kier molecular flexibility index (Phi) is 4.76. The van der Waals surface area contributed by atoms with Crippen molar-refractivity contribution in [2.24, 2.45) is 5.92 Å². The molecule has 0 radical (unpaired) electrons. The number of hydrogen-bond acceptors (Lipinski definition) is 4. The Labute approximate surface area is 153 Å². The number of rotatable bonds is 4. The molecule has 0 spiro atoms. The van der Waals surface area contributed by atoms with Crippen LogP contribution in [0.25, 0.3) is 11.2 Å². The highest BCUT2D eigenvalue weighted by molar-refractivity contribution is 6.74. The highest BCUT2D eigenvalue weighted by atomic mass is 35.5. The van der Waals surface area contributed by atoms with Gasteiger partial charge in [0.2, 0.25) is 0 Å². The smallest absolute Gasteiger partial charge is 0.192 e. The number of fused-ring (bicyclic) bond motifs is 1. The van der Waals surface area contributed by atoms with E-state index in [1.54, 1.807) is 17.0 Å². The van der Waals surface area contributed by atoms with Crippen LogP contribution in [0, 0.1) is 5.92 Å². The zero-order valence-corrected chi connectivity index (χ0v) is 17.0. The first-order valence-corrected chi connectivity index (χ1v) is 11.7. The minimum atomic E-state index is -1.84. The Hall–Kier alpha value is -1.31. The van der Waals surface area contributed by atoms with Crippen molar-refractivity contribution in [2.45, 2.75) is 51.4 Å². The molecule has 0 amide bonds. The van der Waals surface area contributed by atoms with Crippen LogP contribution in [0.15, 0.2) is 24.6 Å². The number of allylic oxidation sites excluding steroid dienone is 1. The van der Waals surface area contributed by atoms with Gasteiger partial charge in [0.05, 0.1) is 12.4 Å². The lowest BCUT2D eigenvalue weighted by atomic mass is 10.1. The molecule has 2 heterocycles. The molecule has 8 heteroatoms. The number of aromatic nitrogens is 4. The Balaban J connectivity index is 1.75. The van der Waals surface area contributed by atoms with Crippen molar-refractivity contribution in [3.8, 4) is 0 Å². The van der Waals surface area contributed by atoms with Gasteiger partial charge in [0.25, 0.3) is 0 Å². The SMILES string of the molecule is CC(C)(C)[Si](C)(C)OC[C@H]1C=C(F)[C@@H](n2cnc3c(Cl)ncnc32)C1. The van der Waals surface area contributed by atoms with E-state index in [9.17, 15) is 4.39 Å². The number of nitrogens with zero attached hydrogens (tertiary/aromatic N) is 4. The Morgan fingerprint density at radius 2 is 2.04 bits per heavy atom. The fourth-order valence-corrected chi connectivity index (χ4v) is 3.99. The summed E-state index contributed by atoms with van der Waals surface area (Å²) in [5.41, 5.74) is 1.05. The second-order valence-corrected chi connectivity index (χ2v) is 13.3. The lowest BCUT2D eigenvalue weighted by Crippen LogP contribution is -2.41. The molecule has 2 aromatic rings. The van der Waals surface area contributed by atoms with E-state index in [1.165, 1.54) is 6.33 Å². The molecule has 0 bridgehead atoms. The van der Waals surface area contributed by atoms with E-state index in [-0.39, 0.29) is 21.9 Å². The molecular formula is C17H24ClFN4OSi. The molecule has 1 aliphatic rings. The van der Waals surface area contributed by atoms with E-state index in [0.717, 1.165) is 0 Å². The van der Waals surface area contributed by atoms with Gasteiger partial charge in [-0.2, -0.15) is 0 Å². The van der Waals surface area contributed by atoms with Gasteiger partial charge in [-0.25, -0.2) is 19.3 Å². The fourth-order valence-electron chi connectivity index (χ4n) is 2.75. The molecular weight excluding hydrogens is 359 g/mol. The van der Waals surface area contributed by atoms with Gasteiger partial charge in [-0.15, -0.1) is 0 Å². The Morgan fingerprint density at radius 1 is 1.32 bits per heavy atom. The van der Waals surface area contributed by atoms with Crippen LogP contribution < -0.4 is 0 Å². The van der Waals surface area contributed by atoms with Crippen LogP contribution in [0.3, 0.4) is 0 Å². The largest absolute Gasteiger partial charge is 0.416 e. The van der Waals surface area contributed by atoms with Crippen LogP contribution in [0.5, 0.6) is 0 Å². The van der Waals surface area contributed by atoms with Gasteiger partial charge in [0.1, 0.15) is 17.7 Å². The predicted octanol–water partition coefficient (Wildman–Crippen LogP) is 4.92. The maximum Gasteiger partial charge on any atom is 0.192 e. The summed E-state index contributed by atoms with van der Waals surface area (Å²) in [6.45, 7) is 11.6. The Bertz CT molecular complexity index is 815. The standard InChI is InChI=1S/C17H24ClFN4OSi/c1-17(2,3)25(4,5)24-8-11-6-12(19)13(7-11)23-10-22-14-15(18)20-9-21-16(14)23/h6,9-11,13H,7-8H2,1-5H3/t11-,13-/m0/s1. The van der Waals surface area contributed by atoms with E-state index in [4.69, 9.17) is 16.0 Å². The van der Waals surface area contributed by atoms with Crippen LogP contribution in [-0.2, 0) is 4.43 Å². The van der Waals surface area contributed by atoms with Crippen molar-refractivity contribution in [3.63, 3.8) is 0 Å². The van der Waals surface area contributed by atoms with Crippen molar-refractivity contribution in [2.75, 3.05) is 6.61 Å². The average Bonchev–Trinajstić information content (AvgIpc) is 3.08. The van der Waals surface area contributed by atoms with Crippen LogP contribution >= 0.6 is 11.6 Å². The summed E-state index contributed by atoms with van der Waals surface area (Å²) in [6.07, 6.45) is 5.26. The molecule has 0 saturated carbocycles. The molecule has 2 aromatic heterocycles. The maximum absolute atomic E-state index is 14.6. The summed E-state index contributed by atoms with van der Waals surface area (Å²) < 4.78 is 22.6. The third kappa shape index (κ3) is 3.50. The molecule has 136 valence electrons. The molecule has 1 aliphatic carbocycles. The monoisotopic (exact) mass is 382 g/mol. The second-order valence-electron chi connectivity index (χ2n) is 8.12. The molecule has 0 N–H and O–H groups in total. The topological polar surface area (TPSA) is 52.8 Å². The molecule has 5 nitrogen and oxygen atoms in total. The van der Waals surface area contributed by atoms with Crippen molar-refractivity contribution in [1.29, 1.82) is 0 Å². The minimum Gasteiger partial charge on any atom is -0.416 e. The van der Waals surface area contributed by atoms with Crippen molar-refractivity contribution >= 4 is 31.1 Å². The van der Waals surface area contributed by atoms with E-state index < -0.39 is 14.4 Å². The summed E-state index contributed by atoms with van der Waals surface area (Å²) in [6, 6.07) is -0.413. The van der Waals surface area contributed by atoms with Crippen molar-refractivity contribution in [1.82, 2.24) is 19.5 Å². The Morgan fingerprint density at radius 3 is 2.72 bits per heavy atom. The highest BCUT2D eigenvalue weighted by Crippen LogP contribution is 2.40. The molecule has 0 saturated heterocycles. The first-order chi connectivity index (χ1) is 11.6. The summed E-state index contributed by atoms with van der Waals surface area (Å²) in [5.74, 6) is -0.119. The molecule has 3 rings (SSSR count). The first-order valence-electron chi connectivity index (χ1n) is 8.44. The van der Waals surface area contributed by atoms with Gasteiger partial charge < -0.3 is 8.99 Å². The molecule has 0 aliphatic heterocycles. The van der Waals surface area contributed by atoms with Crippen LogP contribution in [0.4, 0.5) is 4.39 Å². The number of imidazole rings is 1. The third-order valence-corrected chi connectivity index (χ3v) is 10.1. The molecule has 0 aromatic carbocycles.